The van der Waals surface area contributed by atoms with Crippen molar-refractivity contribution in [3.63, 3.8) is 0 Å². The Morgan fingerprint density at radius 3 is 3.00 bits per heavy atom. The summed E-state index contributed by atoms with van der Waals surface area (Å²) >= 11 is 8.18. The number of alkyl halides is 1. The molecule has 19 heavy (non-hydrogen) atoms. The lowest BCUT2D eigenvalue weighted by Gasteiger charge is -2.16. The zero-order valence-electron chi connectivity index (χ0n) is 11.2. The summed E-state index contributed by atoms with van der Waals surface area (Å²) in [6, 6.07) is 8.95. The Morgan fingerprint density at radius 1 is 1.37 bits per heavy atom. The van der Waals surface area contributed by atoms with Crippen molar-refractivity contribution in [2.75, 3.05) is 5.75 Å². The summed E-state index contributed by atoms with van der Waals surface area (Å²) in [5.41, 5.74) is 2.31. The number of fused-ring (bicyclic) bond motifs is 1. The molecular weight excluding hydrogens is 276 g/mol. The van der Waals surface area contributed by atoms with Gasteiger partial charge in [-0.1, -0.05) is 19.1 Å². The fraction of sp³-hybridized carbons (Fsp3) is 0.533. The van der Waals surface area contributed by atoms with E-state index in [1.54, 1.807) is 0 Å². The summed E-state index contributed by atoms with van der Waals surface area (Å²) in [7, 11) is 0. The molecule has 2 unspecified atom stereocenters. The van der Waals surface area contributed by atoms with Crippen molar-refractivity contribution in [3.05, 3.63) is 30.1 Å². The van der Waals surface area contributed by atoms with Crippen LogP contribution in [-0.2, 0) is 5.88 Å². The molecule has 3 rings (SSSR count). The summed E-state index contributed by atoms with van der Waals surface area (Å²) in [6.07, 6.45) is 3.82. The Hall–Kier alpha value is -0.670. The molecule has 2 atom stereocenters. The number of hydrogen-bond donors (Lipinski definition) is 0. The van der Waals surface area contributed by atoms with Gasteiger partial charge in [0.15, 0.2) is 0 Å². The van der Waals surface area contributed by atoms with E-state index in [9.17, 15) is 0 Å². The van der Waals surface area contributed by atoms with Gasteiger partial charge in [0.2, 0.25) is 0 Å². The van der Waals surface area contributed by atoms with Crippen LogP contribution in [0.5, 0.6) is 0 Å². The van der Waals surface area contributed by atoms with Crippen LogP contribution in [-0.4, -0.2) is 20.6 Å². The first kappa shape index (κ1) is 13.3. The Morgan fingerprint density at radius 2 is 2.21 bits per heavy atom. The first-order valence-electron chi connectivity index (χ1n) is 6.97. The highest BCUT2D eigenvalue weighted by atomic mass is 35.5. The van der Waals surface area contributed by atoms with Crippen LogP contribution < -0.4 is 0 Å². The summed E-state index contributed by atoms with van der Waals surface area (Å²) in [4.78, 5) is 4.67. The summed E-state index contributed by atoms with van der Waals surface area (Å²) < 4.78 is 2.39. The second kappa shape index (κ2) is 5.76. The first-order valence-corrected chi connectivity index (χ1v) is 8.55. The average Bonchev–Trinajstić information content (AvgIpc) is 3.02. The van der Waals surface area contributed by atoms with Crippen molar-refractivity contribution in [1.29, 1.82) is 0 Å². The molecule has 1 aliphatic carbocycles. The smallest absolute Gasteiger partial charge is 0.125 e. The van der Waals surface area contributed by atoms with E-state index in [4.69, 9.17) is 11.6 Å². The third-order valence-electron chi connectivity index (χ3n) is 3.91. The van der Waals surface area contributed by atoms with Crippen molar-refractivity contribution in [2.45, 2.75) is 43.4 Å². The van der Waals surface area contributed by atoms with Crippen LogP contribution in [0, 0.1) is 0 Å². The minimum absolute atomic E-state index is 0.497. The van der Waals surface area contributed by atoms with Crippen molar-refractivity contribution < 1.29 is 0 Å². The fourth-order valence-corrected chi connectivity index (χ4v) is 4.46. The number of benzene rings is 1. The molecule has 0 aliphatic heterocycles. The molecule has 0 saturated heterocycles. The van der Waals surface area contributed by atoms with Gasteiger partial charge in [-0.15, -0.1) is 11.6 Å². The molecule has 1 aromatic carbocycles. The molecule has 1 fully saturated rings. The Kier molecular flexibility index (Phi) is 4.04. The lowest BCUT2D eigenvalue weighted by Crippen LogP contribution is -2.09. The molecule has 0 amide bonds. The molecule has 0 spiro atoms. The minimum Gasteiger partial charge on any atom is -0.324 e. The van der Waals surface area contributed by atoms with E-state index in [0.29, 0.717) is 11.9 Å². The quantitative estimate of drug-likeness (QED) is 0.766. The maximum absolute atomic E-state index is 6.09. The highest BCUT2D eigenvalue weighted by molar-refractivity contribution is 7.99. The Labute approximate surface area is 123 Å². The lowest BCUT2D eigenvalue weighted by molar-refractivity contribution is 0.519. The van der Waals surface area contributed by atoms with Gasteiger partial charge in [-0.05, 0) is 37.1 Å². The molecule has 4 heteroatoms. The largest absolute Gasteiger partial charge is 0.324 e. The standard InChI is InChI=1S/C15H19ClN2S/c1-2-19-12-8-7-11(9-12)18-14-6-4-3-5-13(14)17-15(18)10-16/h3-6,11-12H,2,7-10H2,1H3. The molecule has 1 heterocycles. The molecule has 1 aromatic heterocycles. The number of para-hydroxylation sites is 2. The zero-order chi connectivity index (χ0) is 13.2. The van der Waals surface area contributed by atoms with Crippen molar-refractivity contribution in [1.82, 2.24) is 9.55 Å². The van der Waals surface area contributed by atoms with E-state index >= 15 is 0 Å². The summed E-state index contributed by atoms with van der Waals surface area (Å²) in [5.74, 6) is 2.73. The number of rotatable bonds is 4. The number of thioether (sulfide) groups is 1. The topological polar surface area (TPSA) is 17.8 Å². The number of aromatic nitrogens is 2. The van der Waals surface area contributed by atoms with Gasteiger partial charge < -0.3 is 4.57 Å². The molecule has 1 saturated carbocycles. The van der Waals surface area contributed by atoms with Gasteiger partial charge >= 0.3 is 0 Å². The summed E-state index contributed by atoms with van der Waals surface area (Å²) in [6.45, 7) is 2.24. The minimum atomic E-state index is 0.497. The second-order valence-corrected chi connectivity index (χ2v) is 6.91. The number of imidazole rings is 1. The van der Waals surface area contributed by atoms with E-state index in [-0.39, 0.29) is 0 Å². The fourth-order valence-electron chi connectivity index (χ4n) is 3.14. The SMILES string of the molecule is CCSC1CCC(n2c(CCl)nc3ccccc32)C1. The van der Waals surface area contributed by atoms with Crippen LogP contribution in [0.1, 0.15) is 38.1 Å². The van der Waals surface area contributed by atoms with Crippen LogP contribution in [0.15, 0.2) is 24.3 Å². The van der Waals surface area contributed by atoms with Gasteiger partial charge in [-0.25, -0.2) is 4.98 Å². The van der Waals surface area contributed by atoms with Crippen LogP contribution in [0.3, 0.4) is 0 Å². The van der Waals surface area contributed by atoms with Crippen LogP contribution in [0.4, 0.5) is 0 Å². The molecular formula is C15H19ClN2S. The summed E-state index contributed by atoms with van der Waals surface area (Å²) in [5, 5.41) is 0.805. The Balaban J connectivity index is 1.95. The van der Waals surface area contributed by atoms with Gasteiger partial charge in [0.1, 0.15) is 5.82 Å². The normalized spacial score (nSPS) is 23.3. The maximum atomic E-state index is 6.09. The molecule has 102 valence electrons. The van der Waals surface area contributed by atoms with Gasteiger partial charge in [0.25, 0.3) is 0 Å². The number of nitrogens with zero attached hydrogens (tertiary/aromatic N) is 2. The Bertz CT molecular complexity index is 566. The molecule has 2 nitrogen and oxygen atoms in total. The lowest BCUT2D eigenvalue weighted by atomic mass is 10.2. The molecule has 0 N–H and O–H groups in total. The number of hydrogen-bond acceptors (Lipinski definition) is 2. The predicted molar refractivity (Wildman–Crippen MR) is 84.1 cm³/mol. The monoisotopic (exact) mass is 294 g/mol. The van der Waals surface area contributed by atoms with Gasteiger partial charge in [-0.2, -0.15) is 11.8 Å². The average molecular weight is 295 g/mol. The van der Waals surface area contributed by atoms with Crippen molar-refractivity contribution >= 4 is 34.4 Å². The van der Waals surface area contributed by atoms with E-state index in [1.807, 2.05) is 6.07 Å². The molecule has 1 aliphatic rings. The van der Waals surface area contributed by atoms with Crippen LogP contribution >= 0.6 is 23.4 Å². The van der Waals surface area contributed by atoms with Crippen LogP contribution in [0.25, 0.3) is 11.0 Å². The zero-order valence-corrected chi connectivity index (χ0v) is 12.8. The maximum Gasteiger partial charge on any atom is 0.125 e. The molecule has 0 radical (unpaired) electrons. The van der Waals surface area contributed by atoms with E-state index in [0.717, 1.165) is 16.6 Å². The van der Waals surface area contributed by atoms with E-state index in [1.165, 1.54) is 30.5 Å². The third kappa shape index (κ3) is 2.50. The number of halogens is 1. The van der Waals surface area contributed by atoms with Crippen LogP contribution in [0.2, 0.25) is 0 Å². The second-order valence-electron chi connectivity index (χ2n) is 5.06. The highest BCUT2D eigenvalue weighted by Gasteiger charge is 2.28. The van der Waals surface area contributed by atoms with Gasteiger partial charge in [0, 0.05) is 11.3 Å². The highest BCUT2D eigenvalue weighted by Crippen LogP contribution is 2.39. The van der Waals surface area contributed by atoms with E-state index in [2.05, 4.69) is 46.4 Å². The first-order chi connectivity index (χ1) is 9.33. The van der Waals surface area contributed by atoms with Gasteiger partial charge in [0.05, 0.1) is 16.9 Å². The van der Waals surface area contributed by atoms with Crippen molar-refractivity contribution in [3.8, 4) is 0 Å². The van der Waals surface area contributed by atoms with E-state index < -0.39 is 0 Å². The third-order valence-corrected chi connectivity index (χ3v) is 5.38. The molecule has 2 aromatic rings. The molecule has 0 bridgehead atoms. The predicted octanol–water partition coefficient (Wildman–Crippen LogP) is 4.62. The van der Waals surface area contributed by atoms with Crippen molar-refractivity contribution in [2.24, 2.45) is 0 Å². The van der Waals surface area contributed by atoms with Gasteiger partial charge in [-0.3, -0.25) is 0 Å².